The molecule has 0 bridgehead atoms. The number of hydrogen-bond acceptors (Lipinski definition) is 6. The van der Waals surface area contributed by atoms with Crippen molar-refractivity contribution < 1.29 is 28.2 Å². The van der Waals surface area contributed by atoms with Gasteiger partial charge in [0, 0.05) is 23.0 Å². The molecule has 1 aliphatic carbocycles. The van der Waals surface area contributed by atoms with Gasteiger partial charge in [0.2, 0.25) is 0 Å². The molecule has 1 aliphatic heterocycles. The SMILES string of the molecule is COC(=O)[C@@H]1C[C@H](Oc2cc(Cl)cc(C[C@H]3CC[C@](c4ccccc4)(N(C)C)CC3)c2F)CN1C(=O)OC(C)(C)C. The summed E-state index contributed by atoms with van der Waals surface area (Å²) >= 11 is 6.43. The number of rotatable bonds is 7. The van der Waals surface area contributed by atoms with E-state index in [4.69, 9.17) is 25.8 Å². The first-order chi connectivity index (χ1) is 19.3. The van der Waals surface area contributed by atoms with Crippen LogP contribution in [0, 0.1) is 11.7 Å². The summed E-state index contributed by atoms with van der Waals surface area (Å²) in [4.78, 5) is 28.9. The lowest BCUT2D eigenvalue weighted by Crippen LogP contribution is -2.44. The van der Waals surface area contributed by atoms with Gasteiger partial charge < -0.3 is 14.2 Å². The smallest absolute Gasteiger partial charge is 0.411 e. The maximum atomic E-state index is 15.8. The van der Waals surface area contributed by atoms with Gasteiger partial charge in [0.05, 0.1) is 13.7 Å². The predicted octanol–water partition coefficient (Wildman–Crippen LogP) is 6.60. The quantitative estimate of drug-likeness (QED) is 0.340. The highest BCUT2D eigenvalue weighted by molar-refractivity contribution is 6.30. The van der Waals surface area contributed by atoms with E-state index in [0.29, 0.717) is 22.9 Å². The van der Waals surface area contributed by atoms with Crippen molar-refractivity contribution in [2.75, 3.05) is 27.7 Å². The van der Waals surface area contributed by atoms with Crippen LogP contribution in [0.4, 0.5) is 9.18 Å². The molecule has 0 N–H and O–H groups in total. The molecule has 2 aliphatic rings. The zero-order valence-electron chi connectivity index (χ0n) is 24.9. The molecule has 2 aromatic carbocycles. The van der Waals surface area contributed by atoms with Crippen LogP contribution < -0.4 is 4.74 Å². The molecule has 1 saturated heterocycles. The van der Waals surface area contributed by atoms with E-state index in [2.05, 4.69) is 43.3 Å². The molecule has 0 unspecified atom stereocenters. The number of halogens is 2. The largest absolute Gasteiger partial charge is 0.485 e. The summed E-state index contributed by atoms with van der Waals surface area (Å²) in [5.74, 6) is -0.691. The topological polar surface area (TPSA) is 68.3 Å². The molecule has 4 rings (SSSR count). The van der Waals surface area contributed by atoms with Gasteiger partial charge in [0.15, 0.2) is 11.6 Å². The maximum Gasteiger partial charge on any atom is 0.411 e. The highest BCUT2D eigenvalue weighted by Crippen LogP contribution is 2.44. The van der Waals surface area contributed by atoms with Gasteiger partial charge in [-0.15, -0.1) is 0 Å². The first-order valence-corrected chi connectivity index (χ1v) is 14.7. The molecule has 0 aromatic heterocycles. The first kappa shape index (κ1) is 31.1. The standard InChI is InChI=1S/C32H42ClFN2O5/c1-31(2,3)41-30(38)36-20-25(19-26(36)29(37)39-6)40-27-18-24(33)17-22(28(27)34)16-21-12-14-32(15-13-21,35(4)5)23-10-8-7-9-11-23/h7-11,17-18,21,25-26H,12-16,19-20H2,1-6H3/t21-,25-,26-,32-/m0/s1. The van der Waals surface area contributed by atoms with E-state index < -0.39 is 35.6 Å². The Hall–Kier alpha value is -2.84. The van der Waals surface area contributed by atoms with Gasteiger partial charge in [-0.1, -0.05) is 41.9 Å². The first-order valence-electron chi connectivity index (χ1n) is 14.3. The maximum absolute atomic E-state index is 15.8. The van der Waals surface area contributed by atoms with Crippen molar-refractivity contribution in [2.45, 2.75) is 82.6 Å². The Morgan fingerprint density at radius 3 is 2.37 bits per heavy atom. The van der Waals surface area contributed by atoms with Gasteiger partial charge in [-0.3, -0.25) is 9.80 Å². The summed E-state index contributed by atoms with van der Waals surface area (Å²) < 4.78 is 32.2. The second-order valence-electron chi connectivity index (χ2n) is 12.5. The molecular formula is C32H42ClFN2O5. The van der Waals surface area contributed by atoms with Crippen LogP contribution in [0.25, 0.3) is 0 Å². The van der Waals surface area contributed by atoms with Crippen LogP contribution in [-0.4, -0.2) is 67.4 Å². The molecule has 2 atom stereocenters. The molecule has 2 aromatic rings. The average Bonchev–Trinajstić information content (AvgIpc) is 3.35. The van der Waals surface area contributed by atoms with Crippen molar-refractivity contribution in [1.82, 2.24) is 9.80 Å². The lowest BCUT2D eigenvalue weighted by molar-refractivity contribution is -0.145. The van der Waals surface area contributed by atoms with Gasteiger partial charge in [-0.2, -0.15) is 0 Å². The fourth-order valence-electron chi connectivity index (χ4n) is 6.21. The van der Waals surface area contributed by atoms with Crippen molar-refractivity contribution in [2.24, 2.45) is 5.92 Å². The summed E-state index contributed by atoms with van der Waals surface area (Å²) in [6.07, 6.45) is 3.33. The minimum atomic E-state index is -0.884. The minimum Gasteiger partial charge on any atom is -0.485 e. The molecule has 2 fully saturated rings. The summed E-state index contributed by atoms with van der Waals surface area (Å²) in [5.41, 5.74) is 1.06. The minimum absolute atomic E-state index is 0.0230. The molecule has 0 radical (unpaired) electrons. The number of likely N-dealkylation sites (tertiary alicyclic amines) is 1. The Labute approximate surface area is 247 Å². The summed E-state index contributed by atoms with van der Waals surface area (Å²) in [6, 6.07) is 12.8. The zero-order valence-corrected chi connectivity index (χ0v) is 25.7. The number of hydrogen-bond donors (Lipinski definition) is 0. The van der Waals surface area contributed by atoms with Crippen molar-refractivity contribution >= 4 is 23.7 Å². The Kier molecular flexibility index (Phi) is 9.54. The van der Waals surface area contributed by atoms with Crippen molar-refractivity contribution in [3.05, 3.63) is 64.4 Å². The normalized spacial score (nSPS) is 24.8. The van der Waals surface area contributed by atoms with E-state index >= 15 is 4.39 Å². The molecule has 1 amide bonds. The fourth-order valence-corrected chi connectivity index (χ4v) is 6.44. The summed E-state index contributed by atoms with van der Waals surface area (Å²) in [6.45, 7) is 5.31. The highest BCUT2D eigenvalue weighted by atomic mass is 35.5. The monoisotopic (exact) mass is 588 g/mol. The van der Waals surface area contributed by atoms with Gasteiger partial charge >= 0.3 is 12.1 Å². The number of ether oxygens (including phenoxy) is 3. The Morgan fingerprint density at radius 1 is 1.12 bits per heavy atom. The second kappa shape index (κ2) is 12.6. The molecule has 41 heavy (non-hydrogen) atoms. The van der Waals surface area contributed by atoms with Gasteiger partial charge in [-0.05, 0) is 90.1 Å². The molecule has 9 heteroatoms. The molecule has 0 spiro atoms. The molecular weight excluding hydrogens is 547 g/mol. The van der Waals surface area contributed by atoms with Gasteiger partial charge in [-0.25, -0.2) is 14.0 Å². The number of amides is 1. The van der Waals surface area contributed by atoms with Crippen molar-refractivity contribution in [3.63, 3.8) is 0 Å². The predicted molar refractivity (Wildman–Crippen MR) is 157 cm³/mol. The second-order valence-corrected chi connectivity index (χ2v) is 12.9. The Bertz CT molecular complexity index is 1220. The van der Waals surface area contributed by atoms with E-state index in [1.54, 1.807) is 26.8 Å². The van der Waals surface area contributed by atoms with E-state index in [-0.39, 0.29) is 24.3 Å². The van der Waals surface area contributed by atoms with Crippen LogP contribution in [0.5, 0.6) is 5.75 Å². The summed E-state index contributed by atoms with van der Waals surface area (Å²) in [5, 5.41) is 0.380. The molecule has 1 heterocycles. The third-order valence-corrected chi connectivity index (χ3v) is 8.56. The third kappa shape index (κ3) is 7.15. The highest BCUT2D eigenvalue weighted by Gasteiger charge is 2.44. The fraction of sp³-hybridized carbons (Fsp3) is 0.562. The van der Waals surface area contributed by atoms with E-state index in [1.165, 1.54) is 23.6 Å². The number of carbonyl (C=O) groups is 2. The van der Waals surface area contributed by atoms with Crippen LogP contribution in [0.1, 0.15) is 64.0 Å². The number of esters is 1. The molecule has 224 valence electrons. The van der Waals surface area contributed by atoms with Crippen LogP contribution >= 0.6 is 11.6 Å². The van der Waals surface area contributed by atoms with Crippen LogP contribution in [0.2, 0.25) is 5.02 Å². The molecule has 1 saturated carbocycles. The van der Waals surface area contributed by atoms with Gasteiger partial charge in [0.25, 0.3) is 0 Å². The number of benzene rings is 2. The van der Waals surface area contributed by atoms with Crippen molar-refractivity contribution in [3.8, 4) is 5.75 Å². The van der Waals surface area contributed by atoms with E-state index in [0.717, 1.165) is 25.7 Å². The van der Waals surface area contributed by atoms with Gasteiger partial charge in [0.1, 0.15) is 17.7 Å². The van der Waals surface area contributed by atoms with Crippen molar-refractivity contribution in [1.29, 1.82) is 0 Å². The molecule has 7 nitrogen and oxygen atoms in total. The van der Waals surface area contributed by atoms with Crippen LogP contribution in [0.3, 0.4) is 0 Å². The van der Waals surface area contributed by atoms with Crippen LogP contribution in [-0.2, 0) is 26.2 Å². The Balaban J connectivity index is 1.46. The third-order valence-electron chi connectivity index (χ3n) is 8.35. The summed E-state index contributed by atoms with van der Waals surface area (Å²) in [7, 11) is 5.52. The zero-order chi connectivity index (χ0) is 29.9. The number of nitrogens with zero attached hydrogens (tertiary/aromatic N) is 2. The lowest BCUT2D eigenvalue weighted by Gasteiger charge is -2.45. The lowest BCUT2D eigenvalue weighted by atomic mass is 9.70. The van der Waals surface area contributed by atoms with E-state index in [1.807, 2.05) is 6.07 Å². The number of methoxy groups -OCH3 is 1. The Morgan fingerprint density at radius 2 is 1.78 bits per heavy atom. The van der Waals surface area contributed by atoms with E-state index in [9.17, 15) is 9.59 Å². The average molecular weight is 589 g/mol. The van der Waals surface area contributed by atoms with Crippen LogP contribution in [0.15, 0.2) is 42.5 Å². The number of carbonyl (C=O) groups excluding carboxylic acids is 2.